The molecule has 2 unspecified atom stereocenters. The van der Waals surface area contributed by atoms with Crippen molar-refractivity contribution in [1.29, 1.82) is 0 Å². The Morgan fingerprint density at radius 2 is 2.12 bits per heavy atom. The van der Waals surface area contributed by atoms with Gasteiger partial charge in [-0.1, -0.05) is 6.92 Å². The summed E-state index contributed by atoms with van der Waals surface area (Å²) in [6.07, 6.45) is 5.91. The maximum atomic E-state index is 13.2. The third-order valence-electron chi connectivity index (χ3n) is 6.42. The predicted molar refractivity (Wildman–Crippen MR) is 120 cm³/mol. The molecular formula is C24H32N4O4. The molecule has 8 heteroatoms. The van der Waals surface area contributed by atoms with Crippen LogP contribution in [0.1, 0.15) is 42.4 Å². The lowest BCUT2D eigenvalue weighted by atomic mass is 9.93. The smallest absolute Gasteiger partial charge is 0.236 e. The molecular weight excluding hydrogens is 408 g/mol. The van der Waals surface area contributed by atoms with E-state index in [9.17, 15) is 9.59 Å². The monoisotopic (exact) mass is 440 g/mol. The zero-order valence-electron chi connectivity index (χ0n) is 19.1. The first-order valence-electron chi connectivity index (χ1n) is 11.3. The van der Waals surface area contributed by atoms with Crippen LogP contribution in [0.25, 0.3) is 0 Å². The fourth-order valence-corrected chi connectivity index (χ4v) is 4.56. The molecule has 1 amide bonds. The summed E-state index contributed by atoms with van der Waals surface area (Å²) in [5.74, 6) is 1.97. The van der Waals surface area contributed by atoms with E-state index < -0.39 is 0 Å². The highest BCUT2D eigenvalue weighted by Crippen LogP contribution is 2.30. The van der Waals surface area contributed by atoms with Crippen molar-refractivity contribution >= 4 is 11.7 Å². The van der Waals surface area contributed by atoms with Gasteiger partial charge in [-0.05, 0) is 37.5 Å². The lowest BCUT2D eigenvalue weighted by molar-refractivity contribution is -0.134. The third kappa shape index (κ3) is 4.80. The number of aromatic nitrogens is 2. The van der Waals surface area contributed by atoms with E-state index in [1.165, 1.54) is 0 Å². The number of hydrogen-bond acceptors (Lipinski definition) is 6. The summed E-state index contributed by atoms with van der Waals surface area (Å²) in [5.41, 5.74) is 1.02. The number of carbonyl (C=O) groups excluding carboxylic acids is 2. The van der Waals surface area contributed by atoms with Crippen LogP contribution in [0.4, 0.5) is 0 Å². The second-order valence-corrected chi connectivity index (χ2v) is 8.70. The molecule has 0 saturated carbocycles. The SMILES string of the molecule is CCC1CN(CC(=O)N2CCCC(C(=O)c3nccn3C)C2)Cc2cc(OC)ccc2O1. The van der Waals surface area contributed by atoms with E-state index in [1.807, 2.05) is 30.1 Å². The lowest BCUT2D eigenvalue weighted by Crippen LogP contribution is -2.47. The summed E-state index contributed by atoms with van der Waals surface area (Å²) >= 11 is 0. The number of likely N-dealkylation sites (tertiary alicyclic amines) is 1. The number of hydrogen-bond donors (Lipinski definition) is 0. The molecule has 1 saturated heterocycles. The molecule has 0 bridgehead atoms. The molecule has 3 heterocycles. The number of rotatable bonds is 6. The molecule has 2 aromatic rings. The van der Waals surface area contributed by atoms with Crippen molar-refractivity contribution in [1.82, 2.24) is 19.4 Å². The Bertz CT molecular complexity index is 973. The minimum absolute atomic E-state index is 0.0187. The number of aryl methyl sites for hydroxylation is 1. The summed E-state index contributed by atoms with van der Waals surface area (Å²) < 4.78 is 13.3. The van der Waals surface area contributed by atoms with Gasteiger partial charge in [0.2, 0.25) is 11.7 Å². The highest BCUT2D eigenvalue weighted by atomic mass is 16.5. The molecule has 2 atom stereocenters. The number of imidazole rings is 1. The van der Waals surface area contributed by atoms with Gasteiger partial charge in [-0.3, -0.25) is 14.5 Å². The number of methoxy groups -OCH3 is 1. The van der Waals surface area contributed by atoms with Crippen molar-refractivity contribution in [3.05, 3.63) is 42.0 Å². The zero-order chi connectivity index (χ0) is 22.7. The van der Waals surface area contributed by atoms with Gasteiger partial charge in [0.1, 0.15) is 17.6 Å². The van der Waals surface area contributed by atoms with E-state index >= 15 is 0 Å². The van der Waals surface area contributed by atoms with Crippen molar-refractivity contribution in [2.75, 3.05) is 33.3 Å². The van der Waals surface area contributed by atoms with Gasteiger partial charge in [-0.25, -0.2) is 4.98 Å². The molecule has 2 aliphatic rings. The van der Waals surface area contributed by atoms with Crippen molar-refractivity contribution in [3.63, 3.8) is 0 Å². The number of nitrogens with zero attached hydrogens (tertiary/aromatic N) is 4. The first-order valence-corrected chi connectivity index (χ1v) is 11.3. The van der Waals surface area contributed by atoms with Gasteiger partial charge in [0.05, 0.1) is 13.7 Å². The van der Waals surface area contributed by atoms with Crippen LogP contribution in [0.15, 0.2) is 30.6 Å². The number of benzene rings is 1. The van der Waals surface area contributed by atoms with Crippen LogP contribution < -0.4 is 9.47 Å². The zero-order valence-corrected chi connectivity index (χ0v) is 19.1. The second kappa shape index (κ2) is 9.73. The summed E-state index contributed by atoms with van der Waals surface area (Å²) in [4.78, 5) is 34.3. The average molecular weight is 441 g/mol. The summed E-state index contributed by atoms with van der Waals surface area (Å²) in [7, 11) is 3.47. The Kier molecular flexibility index (Phi) is 6.79. The third-order valence-corrected chi connectivity index (χ3v) is 6.42. The van der Waals surface area contributed by atoms with Crippen molar-refractivity contribution in [2.45, 2.75) is 38.8 Å². The molecule has 8 nitrogen and oxygen atoms in total. The largest absolute Gasteiger partial charge is 0.497 e. The maximum Gasteiger partial charge on any atom is 0.236 e. The van der Waals surface area contributed by atoms with Crippen molar-refractivity contribution < 1.29 is 19.1 Å². The molecule has 1 aromatic heterocycles. The van der Waals surface area contributed by atoms with E-state index in [-0.39, 0.29) is 23.7 Å². The Labute approximate surface area is 189 Å². The highest BCUT2D eigenvalue weighted by molar-refractivity contribution is 5.95. The van der Waals surface area contributed by atoms with Gasteiger partial charge < -0.3 is 18.9 Å². The summed E-state index contributed by atoms with van der Waals surface area (Å²) in [5, 5.41) is 0. The fraction of sp³-hybridized carbons (Fsp3) is 0.542. The van der Waals surface area contributed by atoms with Gasteiger partial charge in [0.15, 0.2) is 5.82 Å². The lowest BCUT2D eigenvalue weighted by Gasteiger charge is -2.33. The number of ether oxygens (including phenoxy) is 2. The Balaban J connectivity index is 1.44. The normalized spacial score (nSPS) is 21.4. The molecule has 2 aliphatic heterocycles. The van der Waals surface area contributed by atoms with E-state index in [0.717, 1.165) is 36.3 Å². The molecule has 0 radical (unpaired) electrons. The van der Waals surface area contributed by atoms with Crippen LogP contribution in [0, 0.1) is 5.92 Å². The topological polar surface area (TPSA) is 76.9 Å². The van der Waals surface area contributed by atoms with E-state index in [0.29, 0.717) is 38.5 Å². The van der Waals surface area contributed by atoms with Gasteiger partial charge in [0, 0.05) is 57.1 Å². The standard InChI is InChI=1S/C24H32N4O4/c1-4-19-15-27(13-18-12-20(31-3)7-8-21(18)32-19)16-22(29)28-10-5-6-17(14-28)23(30)24-25-9-11-26(24)2/h7-9,11-12,17,19H,4-6,10,13-16H2,1-3H3. The molecule has 1 aromatic carbocycles. The maximum absolute atomic E-state index is 13.2. The van der Waals surface area contributed by atoms with Crippen molar-refractivity contribution in [3.8, 4) is 11.5 Å². The summed E-state index contributed by atoms with van der Waals surface area (Å²) in [6, 6.07) is 5.83. The quantitative estimate of drug-likeness (QED) is 0.643. The molecule has 4 rings (SSSR count). The molecule has 172 valence electrons. The first-order chi connectivity index (χ1) is 15.5. The van der Waals surface area contributed by atoms with Gasteiger partial charge in [0.25, 0.3) is 0 Å². The first kappa shape index (κ1) is 22.3. The van der Waals surface area contributed by atoms with E-state index in [1.54, 1.807) is 24.1 Å². The van der Waals surface area contributed by atoms with Crippen LogP contribution in [0.5, 0.6) is 11.5 Å². The fourth-order valence-electron chi connectivity index (χ4n) is 4.56. The molecule has 0 spiro atoms. The molecule has 32 heavy (non-hydrogen) atoms. The van der Waals surface area contributed by atoms with Crippen LogP contribution >= 0.6 is 0 Å². The number of amides is 1. The van der Waals surface area contributed by atoms with E-state index in [2.05, 4.69) is 16.8 Å². The number of piperidine rings is 1. The van der Waals surface area contributed by atoms with Gasteiger partial charge in [-0.2, -0.15) is 0 Å². The van der Waals surface area contributed by atoms with Crippen molar-refractivity contribution in [2.24, 2.45) is 13.0 Å². The Hall–Kier alpha value is -2.87. The Morgan fingerprint density at radius 3 is 2.84 bits per heavy atom. The van der Waals surface area contributed by atoms with Crippen LogP contribution in [0.3, 0.4) is 0 Å². The van der Waals surface area contributed by atoms with Gasteiger partial charge in [-0.15, -0.1) is 0 Å². The van der Waals surface area contributed by atoms with E-state index in [4.69, 9.17) is 9.47 Å². The number of ketones is 1. The minimum Gasteiger partial charge on any atom is -0.497 e. The van der Waals surface area contributed by atoms with Crippen LogP contribution in [-0.2, 0) is 18.4 Å². The highest BCUT2D eigenvalue weighted by Gasteiger charge is 2.32. The minimum atomic E-state index is -0.199. The predicted octanol–water partition coefficient (Wildman–Crippen LogP) is 2.52. The van der Waals surface area contributed by atoms with Gasteiger partial charge >= 0.3 is 0 Å². The Morgan fingerprint density at radius 1 is 1.28 bits per heavy atom. The molecule has 0 aliphatic carbocycles. The van der Waals surface area contributed by atoms with Crippen LogP contribution in [0.2, 0.25) is 0 Å². The number of carbonyl (C=O) groups is 2. The molecule has 1 fully saturated rings. The summed E-state index contributed by atoms with van der Waals surface area (Å²) in [6.45, 7) is 4.85. The molecule has 0 N–H and O–H groups in total. The number of Topliss-reactive ketones (excluding diaryl/α,β-unsaturated/α-hetero) is 1. The van der Waals surface area contributed by atoms with Crippen LogP contribution in [-0.4, -0.2) is 70.4 Å². The second-order valence-electron chi connectivity index (χ2n) is 8.70. The number of fused-ring (bicyclic) bond motifs is 1. The average Bonchev–Trinajstić information content (AvgIpc) is 3.15.